The average molecular weight is 282 g/mol. The third kappa shape index (κ3) is 2.88. The van der Waals surface area contributed by atoms with Gasteiger partial charge in [0.25, 0.3) is 0 Å². The molecule has 0 aliphatic rings. The SMILES string of the molecule is CCN(Cc1cccs1)c1nc(C(=O)OC)cs1. The van der Waals surface area contributed by atoms with E-state index in [1.807, 2.05) is 6.07 Å². The Morgan fingerprint density at radius 2 is 2.33 bits per heavy atom. The van der Waals surface area contributed by atoms with E-state index in [1.165, 1.54) is 23.3 Å². The third-order valence-electron chi connectivity index (χ3n) is 2.47. The maximum atomic E-state index is 11.4. The van der Waals surface area contributed by atoms with E-state index < -0.39 is 0 Å². The highest BCUT2D eigenvalue weighted by molar-refractivity contribution is 7.14. The Labute approximate surface area is 114 Å². The number of hydrogen-bond donors (Lipinski definition) is 0. The van der Waals surface area contributed by atoms with Crippen molar-refractivity contribution in [2.24, 2.45) is 0 Å². The average Bonchev–Trinajstić information content (AvgIpc) is 3.05. The number of anilines is 1. The van der Waals surface area contributed by atoms with E-state index in [9.17, 15) is 4.79 Å². The van der Waals surface area contributed by atoms with Gasteiger partial charge < -0.3 is 9.64 Å². The van der Waals surface area contributed by atoms with Gasteiger partial charge in [0.2, 0.25) is 0 Å². The zero-order chi connectivity index (χ0) is 13.0. The first-order valence-electron chi connectivity index (χ1n) is 5.55. The fourth-order valence-corrected chi connectivity index (χ4v) is 3.09. The molecule has 0 fully saturated rings. The first kappa shape index (κ1) is 13.0. The van der Waals surface area contributed by atoms with Gasteiger partial charge in [-0.3, -0.25) is 0 Å². The number of rotatable bonds is 5. The van der Waals surface area contributed by atoms with Crippen LogP contribution in [-0.4, -0.2) is 24.6 Å². The zero-order valence-electron chi connectivity index (χ0n) is 10.3. The van der Waals surface area contributed by atoms with Crippen molar-refractivity contribution in [2.75, 3.05) is 18.6 Å². The lowest BCUT2D eigenvalue weighted by Gasteiger charge is -2.18. The molecule has 2 heterocycles. The van der Waals surface area contributed by atoms with Crippen LogP contribution in [0, 0.1) is 0 Å². The van der Waals surface area contributed by atoms with Gasteiger partial charge in [-0.25, -0.2) is 9.78 Å². The van der Waals surface area contributed by atoms with Crippen molar-refractivity contribution in [1.82, 2.24) is 4.98 Å². The second-order valence-corrected chi connectivity index (χ2v) is 5.47. The van der Waals surface area contributed by atoms with Gasteiger partial charge in [-0.2, -0.15) is 0 Å². The fourth-order valence-electron chi connectivity index (χ4n) is 1.51. The quantitative estimate of drug-likeness (QED) is 0.791. The molecule has 18 heavy (non-hydrogen) atoms. The molecule has 0 bridgehead atoms. The monoisotopic (exact) mass is 282 g/mol. The van der Waals surface area contributed by atoms with Gasteiger partial charge in [0, 0.05) is 16.8 Å². The summed E-state index contributed by atoms with van der Waals surface area (Å²) >= 11 is 3.19. The molecule has 0 radical (unpaired) electrons. The van der Waals surface area contributed by atoms with Gasteiger partial charge in [-0.1, -0.05) is 6.07 Å². The minimum Gasteiger partial charge on any atom is -0.464 e. The molecule has 0 amide bonds. The molecule has 2 aromatic rings. The normalized spacial score (nSPS) is 10.3. The number of carbonyl (C=O) groups excluding carboxylic acids is 1. The molecule has 96 valence electrons. The lowest BCUT2D eigenvalue weighted by molar-refractivity contribution is 0.0595. The standard InChI is InChI=1S/C12H14N2O2S2/c1-3-14(7-9-5-4-6-17-9)12-13-10(8-18-12)11(15)16-2/h4-6,8H,3,7H2,1-2H3. The molecule has 6 heteroatoms. The van der Waals surface area contributed by atoms with Gasteiger partial charge in [0.05, 0.1) is 13.7 Å². The van der Waals surface area contributed by atoms with E-state index in [2.05, 4.69) is 33.0 Å². The molecule has 0 spiro atoms. The van der Waals surface area contributed by atoms with Crippen molar-refractivity contribution >= 4 is 33.8 Å². The summed E-state index contributed by atoms with van der Waals surface area (Å²) in [6, 6.07) is 4.14. The number of aromatic nitrogens is 1. The van der Waals surface area contributed by atoms with Crippen LogP contribution in [0.5, 0.6) is 0 Å². The van der Waals surface area contributed by atoms with Crippen LogP contribution >= 0.6 is 22.7 Å². The van der Waals surface area contributed by atoms with Crippen molar-refractivity contribution in [2.45, 2.75) is 13.5 Å². The summed E-state index contributed by atoms with van der Waals surface area (Å²) in [5.74, 6) is -0.385. The molecular weight excluding hydrogens is 268 g/mol. The maximum absolute atomic E-state index is 11.4. The van der Waals surface area contributed by atoms with Crippen LogP contribution in [0.25, 0.3) is 0 Å². The predicted octanol–water partition coefficient (Wildman–Crippen LogP) is 3.02. The maximum Gasteiger partial charge on any atom is 0.357 e. The summed E-state index contributed by atoms with van der Waals surface area (Å²) in [6.45, 7) is 3.75. The molecule has 0 aliphatic carbocycles. The highest BCUT2D eigenvalue weighted by Crippen LogP contribution is 2.23. The summed E-state index contributed by atoms with van der Waals surface area (Å²) < 4.78 is 4.66. The van der Waals surface area contributed by atoms with Gasteiger partial charge in [-0.05, 0) is 18.4 Å². The Kier molecular flexibility index (Phi) is 4.33. The Balaban J connectivity index is 2.12. The van der Waals surface area contributed by atoms with Crippen LogP contribution in [-0.2, 0) is 11.3 Å². The van der Waals surface area contributed by atoms with Crippen LogP contribution in [0.2, 0.25) is 0 Å². The molecule has 2 rings (SSSR count). The van der Waals surface area contributed by atoms with E-state index >= 15 is 0 Å². The lowest BCUT2D eigenvalue weighted by atomic mass is 10.4. The number of thiazole rings is 1. The summed E-state index contributed by atoms with van der Waals surface area (Å²) in [7, 11) is 1.37. The Morgan fingerprint density at radius 1 is 1.50 bits per heavy atom. The summed E-state index contributed by atoms with van der Waals surface area (Å²) in [6.07, 6.45) is 0. The third-order valence-corrected chi connectivity index (χ3v) is 4.23. The van der Waals surface area contributed by atoms with E-state index in [1.54, 1.807) is 16.7 Å². The highest BCUT2D eigenvalue weighted by Gasteiger charge is 2.15. The molecule has 0 aromatic carbocycles. The molecule has 0 aliphatic heterocycles. The van der Waals surface area contributed by atoms with E-state index in [-0.39, 0.29) is 5.97 Å². The Hall–Kier alpha value is -1.40. The van der Waals surface area contributed by atoms with Gasteiger partial charge >= 0.3 is 5.97 Å². The largest absolute Gasteiger partial charge is 0.464 e. The van der Waals surface area contributed by atoms with Gasteiger partial charge in [-0.15, -0.1) is 22.7 Å². The summed E-state index contributed by atoms with van der Waals surface area (Å²) in [4.78, 5) is 19.1. The van der Waals surface area contributed by atoms with Crippen LogP contribution < -0.4 is 4.90 Å². The Morgan fingerprint density at radius 3 is 2.94 bits per heavy atom. The second-order valence-electron chi connectivity index (χ2n) is 3.60. The smallest absolute Gasteiger partial charge is 0.357 e. The van der Waals surface area contributed by atoms with Crippen LogP contribution in [0.3, 0.4) is 0 Å². The van der Waals surface area contributed by atoms with E-state index in [4.69, 9.17) is 0 Å². The number of thiophene rings is 1. The lowest BCUT2D eigenvalue weighted by Crippen LogP contribution is -2.21. The molecular formula is C12H14N2O2S2. The van der Waals surface area contributed by atoms with Crippen molar-refractivity contribution in [3.8, 4) is 0 Å². The zero-order valence-corrected chi connectivity index (χ0v) is 11.9. The number of nitrogens with zero attached hydrogens (tertiary/aromatic N) is 2. The van der Waals surface area contributed by atoms with Crippen LogP contribution in [0.1, 0.15) is 22.3 Å². The number of hydrogen-bond acceptors (Lipinski definition) is 6. The minimum absolute atomic E-state index is 0.377. The van der Waals surface area contributed by atoms with E-state index in [0.717, 1.165) is 18.2 Å². The van der Waals surface area contributed by atoms with Gasteiger partial charge in [0.15, 0.2) is 10.8 Å². The molecule has 0 saturated heterocycles. The van der Waals surface area contributed by atoms with Crippen molar-refractivity contribution in [1.29, 1.82) is 0 Å². The van der Waals surface area contributed by atoms with Crippen molar-refractivity contribution < 1.29 is 9.53 Å². The molecule has 0 atom stereocenters. The number of esters is 1. The molecule has 0 N–H and O–H groups in total. The molecule has 0 unspecified atom stereocenters. The highest BCUT2D eigenvalue weighted by atomic mass is 32.1. The van der Waals surface area contributed by atoms with Gasteiger partial charge in [0.1, 0.15) is 0 Å². The number of carbonyl (C=O) groups is 1. The first-order valence-corrected chi connectivity index (χ1v) is 7.31. The van der Waals surface area contributed by atoms with Crippen molar-refractivity contribution in [3.05, 3.63) is 33.5 Å². The molecule has 2 aromatic heterocycles. The minimum atomic E-state index is -0.385. The molecule has 0 saturated carbocycles. The topological polar surface area (TPSA) is 42.4 Å². The van der Waals surface area contributed by atoms with Crippen LogP contribution in [0.4, 0.5) is 5.13 Å². The predicted molar refractivity (Wildman–Crippen MR) is 74.5 cm³/mol. The van der Waals surface area contributed by atoms with Crippen molar-refractivity contribution in [3.63, 3.8) is 0 Å². The summed E-state index contributed by atoms with van der Waals surface area (Å²) in [5.41, 5.74) is 0.377. The van der Waals surface area contributed by atoms with E-state index in [0.29, 0.717) is 5.69 Å². The number of ether oxygens (including phenoxy) is 1. The molecule has 4 nitrogen and oxygen atoms in total. The summed E-state index contributed by atoms with van der Waals surface area (Å²) in [5, 5.41) is 4.65. The van der Waals surface area contributed by atoms with Crippen LogP contribution in [0.15, 0.2) is 22.9 Å². The Bertz CT molecular complexity index is 508. The number of methoxy groups -OCH3 is 1. The second kappa shape index (κ2) is 5.97. The first-order chi connectivity index (χ1) is 8.74. The fraction of sp³-hybridized carbons (Fsp3) is 0.333.